The second kappa shape index (κ2) is 6.27. The van der Waals surface area contributed by atoms with Crippen molar-refractivity contribution in [2.45, 2.75) is 38.0 Å². The summed E-state index contributed by atoms with van der Waals surface area (Å²) in [5.41, 5.74) is 3.50. The van der Waals surface area contributed by atoms with Crippen molar-refractivity contribution in [1.29, 1.82) is 0 Å². The maximum absolute atomic E-state index is 12.9. The van der Waals surface area contributed by atoms with Gasteiger partial charge in [0.15, 0.2) is 5.69 Å². The molecule has 0 saturated heterocycles. The zero-order valence-electron chi connectivity index (χ0n) is 14.6. The number of amides is 1. The van der Waals surface area contributed by atoms with Crippen LogP contribution in [0.5, 0.6) is 0 Å². The zero-order valence-corrected chi connectivity index (χ0v) is 14.6. The fraction of sp³-hybridized carbons (Fsp3) is 0.588. The second-order valence-corrected chi connectivity index (χ2v) is 7.30. The maximum Gasteiger partial charge on any atom is 0.272 e. The summed E-state index contributed by atoms with van der Waals surface area (Å²) in [4.78, 5) is 15.1. The molecule has 1 atom stereocenters. The van der Waals surface area contributed by atoms with E-state index in [9.17, 15) is 9.90 Å². The number of nitrogens with zero attached hydrogens (tertiary/aromatic N) is 4. The predicted molar refractivity (Wildman–Crippen MR) is 90.8 cm³/mol. The van der Waals surface area contributed by atoms with E-state index in [0.29, 0.717) is 18.5 Å². The van der Waals surface area contributed by atoms with Crippen molar-refractivity contribution in [1.82, 2.24) is 30.2 Å². The lowest BCUT2D eigenvalue weighted by atomic mass is 9.75. The Balaban J connectivity index is 1.56. The number of aromatic amines is 1. The first kappa shape index (κ1) is 16.3. The monoisotopic (exact) mass is 344 g/mol. The first-order valence-corrected chi connectivity index (χ1v) is 8.73. The SMILES string of the molecule is CN1CCc2[nH]nc(C(=O)NC(c3cnn(C)c3)C3CC(O)C3)c2C1. The number of aromatic nitrogens is 4. The Kier molecular flexibility index (Phi) is 4.09. The van der Waals surface area contributed by atoms with E-state index in [2.05, 4.69) is 25.5 Å². The fourth-order valence-corrected chi connectivity index (χ4v) is 3.80. The minimum atomic E-state index is -0.270. The summed E-state index contributed by atoms with van der Waals surface area (Å²) in [5, 5.41) is 24.3. The molecule has 2 aliphatic rings. The second-order valence-electron chi connectivity index (χ2n) is 7.30. The molecule has 25 heavy (non-hydrogen) atoms. The van der Waals surface area contributed by atoms with Crippen LogP contribution in [0.4, 0.5) is 0 Å². The molecule has 1 aliphatic heterocycles. The van der Waals surface area contributed by atoms with E-state index >= 15 is 0 Å². The predicted octanol–water partition coefficient (Wildman–Crippen LogP) is 0.373. The third-order valence-corrected chi connectivity index (χ3v) is 5.33. The van der Waals surface area contributed by atoms with E-state index in [0.717, 1.165) is 36.3 Å². The Morgan fingerprint density at radius 3 is 2.92 bits per heavy atom. The van der Waals surface area contributed by atoms with Crippen molar-refractivity contribution in [3.05, 3.63) is 34.9 Å². The molecule has 1 saturated carbocycles. The first-order valence-electron chi connectivity index (χ1n) is 8.73. The van der Waals surface area contributed by atoms with Crippen LogP contribution in [0.2, 0.25) is 0 Å². The highest BCUT2D eigenvalue weighted by Crippen LogP contribution is 2.38. The Morgan fingerprint density at radius 1 is 1.44 bits per heavy atom. The highest BCUT2D eigenvalue weighted by atomic mass is 16.3. The molecule has 1 amide bonds. The first-order chi connectivity index (χ1) is 12.0. The van der Waals surface area contributed by atoms with Crippen molar-refractivity contribution < 1.29 is 9.90 Å². The van der Waals surface area contributed by atoms with Crippen LogP contribution >= 0.6 is 0 Å². The number of rotatable bonds is 4. The minimum Gasteiger partial charge on any atom is -0.393 e. The number of hydrogen-bond acceptors (Lipinski definition) is 5. The van der Waals surface area contributed by atoms with Crippen LogP contribution in [0.25, 0.3) is 0 Å². The number of hydrogen-bond donors (Lipinski definition) is 3. The van der Waals surface area contributed by atoms with Gasteiger partial charge in [0.25, 0.3) is 5.91 Å². The number of nitrogens with one attached hydrogen (secondary N) is 2. The largest absolute Gasteiger partial charge is 0.393 e. The van der Waals surface area contributed by atoms with Gasteiger partial charge in [-0.15, -0.1) is 0 Å². The van der Waals surface area contributed by atoms with Gasteiger partial charge in [-0.25, -0.2) is 0 Å². The van der Waals surface area contributed by atoms with Gasteiger partial charge in [0.1, 0.15) is 0 Å². The van der Waals surface area contributed by atoms with Gasteiger partial charge in [0.2, 0.25) is 0 Å². The Labute approximate surface area is 146 Å². The molecule has 1 aliphatic carbocycles. The van der Waals surface area contributed by atoms with Crippen LogP contribution in [0, 0.1) is 5.92 Å². The number of fused-ring (bicyclic) bond motifs is 1. The quantitative estimate of drug-likeness (QED) is 0.744. The van der Waals surface area contributed by atoms with Gasteiger partial charge in [-0.1, -0.05) is 0 Å². The number of aliphatic hydroxyl groups is 1. The molecule has 134 valence electrons. The summed E-state index contributed by atoms with van der Waals surface area (Å²) >= 11 is 0. The van der Waals surface area contributed by atoms with Gasteiger partial charge in [-0.05, 0) is 25.8 Å². The van der Waals surface area contributed by atoms with Crippen LogP contribution in [-0.4, -0.2) is 55.6 Å². The Morgan fingerprint density at radius 2 is 2.24 bits per heavy atom. The van der Waals surface area contributed by atoms with E-state index in [1.165, 1.54) is 0 Å². The summed E-state index contributed by atoms with van der Waals surface area (Å²) < 4.78 is 1.73. The molecule has 3 heterocycles. The topological polar surface area (TPSA) is 99.1 Å². The average molecular weight is 344 g/mol. The van der Waals surface area contributed by atoms with Gasteiger partial charge < -0.3 is 15.3 Å². The van der Waals surface area contributed by atoms with Crippen molar-refractivity contribution in [3.63, 3.8) is 0 Å². The third kappa shape index (κ3) is 3.07. The van der Waals surface area contributed by atoms with Crippen LogP contribution in [-0.2, 0) is 20.0 Å². The number of carbonyl (C=O) groups is 1. The van der Waals surface area contributed by atoms with E-state index in [1.807, 2.05) is 20.3 Å². The van der Waals surface area contributed by atoms with Crippen molar-refractivity contribution in [2.75, 3.05) is 13.6 Å². The standard InChI is InChI=1S/C17H24N6O2/c1-22-4-3-14-13(9-22)16(21-20-14)17(25)19-15(10-5-12(24)6-10)11-7-18-23(2)8-11/h7-8,10,12,15,24H,3-6,9H2,1-2H3,(H,19,25)(H,20,21). The van der Waals surface area contributed by atoms with Crippen LogP contribution in [0.1, 0.15) is 46.2 Å². The number of likely N-dealkylation sites (N-methyl/N-ethyl adjacent to an activating group) is 1. The summed E-state index contributed by atoms with van der Waals surface area (Å²) in [6.07, 6.45) is 5.70. The number of H-pyrrole nitrogens is 1. The van der Waals surface area contributed by atoms with Crippen LogP contribution < -0.4 is 5.32 Å². The number of aryl methyl sites for hydroxylation is 1. The molecule has 0 aromatic carbocycles. The molecule has 2 aromatic heterocycles. The van der Waals surface area contributed by atoms with E-state index in [-0.39, 0.29) is 24.0 Å². The lowest BCUT2D eigenvalue weighted by Gasteiger charge is -2.37. The van der Waals surface area contributed by atoms with Crippen molar-refractivity contribution in [3.8, 4) is 0 Å². The smallest absolute Gasteiger partial charge is 0.272 e. The zero-order chi connectivity index (χ0) is 17.6. The number of carbonyl (C=O) groups excluding carboxylic acids is 1. The molecular formula is C17H24N6O2. The molecule has 8 nitrogen and oxygen atoms in total. The van der Waals surface area contributed by atoms with Gasteiger partial charge >= 0.3 is 0 Å². The highest BCUT2D eigenvalue weighted by molar-refractivity contribution is 5.94. The van der Waals surface area contributed by atoms with E-state index in [1.54, 1.807) is 10.9 Å². The Hall–Kier alpha value is -2.19. The van der Waals surface area contributed by atoms with E-state index < -0.39 is 0 Å². The normalized spacial score (nSPS) is 24.4. The van der Waals surface area contributed by atoms with Crippen molar-refractivity contribution >= 4 is 5.91 Å². The molecule has 0 radical (unpaired) electrons. The van der Waals surface area contributed by atoms with Crippen molar-refractivity contribution in [2.24, 2.45) is 13.0 Å². The lowest BCUT2D eigenvalue weighted by molar-refractivity contribution is 0.0234. The van der Waals surface area contributed by atoms with Gasteiger partial charge in [-0.3, -0.25) is 14.6 Å². The molecule has 1 fully saturated rings. The summed E-state index contributed by atoms with van der Waals surface area (Å²) in [5.74, 6) is 0.0589. The van der Waals surface area contributed by atoms with E-state index in [4.69, 9.17) is 0 Å². The molecule has 2 aromatic rings. The maximum atomic E-state index is 12.9. The molecule has 1 unspecified atom stereocenters. The van der Waals surface area contributed by atoms with Gasteiger partial charge in [0, 0.05) is 49.6 Å². The summed E-state index contributed by atoms with van der Waals surface area (Å²) in [6, 6.07) is -0.154. The number of aliphatic hydroxyl groups excluding tert-OH is 1. The molecule has 0 bridgehead atoms. The van der Waals surface area contributed by atoms with Crippen LogP contribution in [0.3, 0.4) is 0 Å². The summed E-state index contributed by atoms with van der Waals surface area (Å²) in [6.45, 7) is 1.70. The highest BCUT2D eigenvalue weighted by Gasteiger charge is 2.37. The van der Waals surface area contributed by atoms with Crippen LogP contribution in [0.15, 0.2) is 12.4 Å². The summed E-state index contributed by atoms with van der Waals surface area (Å²) in [7, 11) is 3.91. The average Bonchev–Trinajstić information content (AvgIpc) is 3.15. The minimum absolute atomic E-state index is 0.154. The fourth-order valence-electron chi connectivity index (χ4n) is 3.80. The lowest BCUT2D eigenvalue weighted by Crippen LogP contribution is -2.41. The molecular weight excluding hydrogens is 320 g/mol. The molecule has 4 rings (SSSR count). The molecule has 3 N–H and O–H groups in total. The van der Waals surface area contributed by atoms with Gasteiger partial charge in [0.05, 0.1) is 18.3 Å². The molecule has 8 heteroatoms. The third-order valence-electron chi connectivity index (χ3n) is 5.33. The molecule has 0 spiro atoms. The Bertz CT molecular complexity index is 776. The van der Waals surface area contributed by atoms with Gasteiger partial charge in [-0.2, -0.15) is 10.2 Å².